The van der Waals surface area contributed by atoms with Gasteiger partial charge in [0, 0.05) is 6.20 Å². The first-order valence-corrected chi connectivity index (χ1v) is 9.10. The van der Waals surface area contributed by atoms with Crippen LogP contribution in [-0.4, -0.2) is 34.5 Å². The van der Waals surface area contributed by atoms with Crippen molar-refractivity contribution in [2.24, 2.45) is 0 Å². The molecule has 134 valence electrons. The van der Waals surface area contributed by atoms with Crippen LogP contribution in [0, 0.1) is 0 Å². The average molecular weight is 370 g/mol. The fraction of sp³-hybridized carbons (Fsp3) is 0.211. The van der Waals surface area contributed by atoms with Crippen LogP contribution < -0.4 is 0 Å². The third-order valence-corrected chi connectivity index (χ3v) is 4.46. The molecule has 0 saturated heterocycles. The Bertz CT molecular complexity index is 937. The van der Waals surface area contributed by atoms with E-state index in [9.17, 15) is 9.59 Å². The van der Waals surface area contributed by atoms with Gasteiger partial charge in [-0.15, -0.1) is 11.3 Å². The Kier molecular flexibility index (Phi) is 5.48. The lowest BCUT2D eigenvalue weighted by Gasteiger charge is -2.06. The van der Waals surface area contributed by atoms with Crippen molar-refractivity contribution in [3.63, 3.8) is 0 Å². The molecule has 0 fully saturated rings. The fourth-order valence-electron chi connectivity index (χ4n) is 2.50. The molecule has 3 aromatic heterocycles. The van der Waals surface area contributed by atoms with Crippen molar-refractivity contribution in [2.75, 3.05) is 13.2 Å². The minimum absolute atomic E-state index is 0.167. The van der Waals surface area contributed by atoms with E-state index in [2.05, 4.69) is 4.98 Å². The molecule has 0 bridgehead atoms. The number of aromatic nitrogens is 2. The van der Waals surface area contributed by atoms with Crippen LogP contribution in [0.2, 0.25) is 0 Å². The van der Waals surface area contributed by atoms with E-state index in [1.54, 1.807) is 25.2 Å². The van der Waals surface area contributed by atoms with Crippen LogP contribution in [0.3, 0.4) is 0 Å². The second-order valence-corrected chi connectivity index (χ2v) is 6.20. The van der Waals surface area contributed by atoms with Crippen LogP contribution in [0.1, 0.15) is 19.5 Å². The second-order valence-electron chi connectivity index (χ2n) is 5.25. The summed E-state index contributed by atoms with van der Waals surface area (Å²) in [5, 5.41) is 1.97. The number of rotatable bonds is 6. The van der Waals surface area contributed by atoms with Gasteiger partial charge in [-0.1, -0.05) is 12.1 Å². The van der Waals surface area contributed by atoms with Crippen molar-refractivity contribution in [1.82, 2.24) is 9.38 Å². The number of carbonyl (C=O) groups is 2. The summed E-state index contributed by atoms with van der Waals surface area (Å²) in [5.41, 5.74) is 1.11. The minimum Gasteiger partial charge on any atom is -0.462 e. The van der Waals surface area contributed by atoms with E-state index in [1.807, 2.05) is 46.3 Å². The van der Waals surface area contributed by atoms with Gasteiger partial charge < -0.3 is 9.47 Å². The summed E-state index contributed by atoms with van der Waals surface area (Å²) in [4.78, 5) is 30.0. The number of fused-ring (bicyclic) bond motifs is 1. The number of carbonyl (C=O) groups excluding carboxylic acids is 2. The molecule has 3 heterocycles. The van der Waals surface area contributed by atoms with Crippen LogP contribution in [-0.2, 0) is 19.1 Å². The molecular weight excluding hydrogens is 352 g/mol. The van der Waals surface area contributed by atoms with Gasteiger partial charge in [0.1, 0.15) is 5.57 Å². The largest absolute Gasteiger partial charge is 0.462 e. The van der Waals surface area contributed by atoms with Crippen LogP contribution in [0.25, 0.3) is 22.3 Å². The van der Waals surface area contributed by atoms with Gasteiger partial charge in [-0.3, -0.25) is 4.40 Å². The van der Waals surface area contributed by atoms with Crippen LogP contribution in [0.4, 0.5) is 0 Å². The maximum atomic E-state index is 12.2. The van der Waals surface area contributed by atoms with Crippen LogP contribution in [0.15, 0.2) is 47.5 Å². The topological polar surface area (TPSA) is 69.9 Å². The maximum Gasteiger partial charge on any atom is 0.345 e. The standard InChI is InChI=1S/C19H18N2O4S/c1-3-24-18(22)13(19(23)25-4-2)12-14-15-8-5-6-10-21(15)17(20-14)16-9-7-11-26-16/h5-12H,3-4H2,1-2H3. The van der Waals surface area contributed by atoms with Crippen molar-refractivity contribution in [3.8, 4) is 10.7 Å². The number of imidazole rings is 1. The molecule has 26 heavy (non-hydrogen) atoms. The second kappa shape index (κ2) is 7.97. The van der Waals surface area contributed by atoms with Crippen molar-refractivity contribution < 1.29 is 19.1 Å². The highest BCUT2D eigenvalue weighted by molar-refractivity contribution is 7.13. The Labute approximate surface area is 154 Å². The number of esters is 2. The number of nitrogens with zero attached hydrogens (tertiary/aromatic N) is 2. The molecule has 0 amide bonds. The zero-order chi connectivity index (χ0) is 18.5. The summed E-state index contributed by atoms with van der Waals surface area (Å²) < 4.78 is 11.9. The quantitative estimate of drug-likeness (QED) is 0.287. The molecular formula is C19H18N2O4S. The summed E-state index contributed by atoms with van der Waals surface area (Å²) in [6, 6.07) is 9.57. The summed E-state index contributed by atoms with van der Waals surface area (Å²) in [5.74, 6) is -0.699. The molecule has 0 atom stereocenters. The van der Waals surface area contributed by atoms with E-state index in [4.69, 9.17) is 9.47 Å². The first-order valence-electron chi connectivity index (χ1n) is 8.22. The van der Waals surface area contributed by atoms with Crippen molar-refractivity contribution in [2.45, 2.75) is 13.8 Å². The zero-order valence-electron chi connectivity index (χ0n) is 14.5. The molecule has 0 aliphatic heterocycles. The number of hydrogen-bond acceptors (Lipinski definition) is 6. The average Bonchev–Trinajstić information content (AvgIpc) is 3.28. The molecule has 0 saturated carbocycles. The monoisotopic (exact) mass is 370 g/mol. The predicted molar refractivity (Wildman–Crippen MR) is 99.7 cm³/mol. The lowest BCUT2D eigenvalue weighted by molar-refractivity contribution is -0.146. The van der Waals surface area contributed by atoms with Gasteiger partial charge in [0.05, 0.1) is 29.3 Å². The lowest BCUT2D eigenvalue weighted by atomic mass is 10.2. The minimum atomic E-state index is -0.722. The van der Waals surface area contributed by atoms with E-state index in [1.165, 1.54) is 6.08 Å². The van der Waals surface area contributed by atoms with Crippen molar-refractivity contribution in [3.05, 3.63) is 53.2 Å². The molecule has 0 spiro atoms. The molecule has 0 unspecified atom stereocenters. The summed E-state index contributed by atoms with van der Waals surface area (Å²) in [6.07, 6.45) is 3.32. The molecule has 0 aliphatic carbocycles. The highest BCUT2D eigenvalue weighted by Crippen LogP contribution is 2.27. The van der Waals surface area contributed by atoms with Crippen molar-refractivity contribution >= 4 is 34.9 Å². The van der Waals surface area contributed by atoms with E-state index in [0.29, 0.717) is 5.69 Å². The number of hydrogen-bond donors (Lipinski definition) is 0. The van der Waals surface area contributed by atoms with Gasteiger partial charge in [-0.2, -0.15) is 0 Å². The Morgan fingerprint density at radius 3 is 2.46 bits per heavy atom. The Morgan fingerprint density at radius 2 is 1.85 bits per heavy atom. The van der Waals surface area contributed by atoms with E-state index in [0.717, 1.165) is 16.2 Å². The van der Waals surface area contributed by atoms with Crippen LogP contribution >= 0.6 is 11.3 Å². The smallest absolute Gasteiger partial charge is 0.345 e. The van der Waals surface area contributed by atoms with Gasteiger partial charge in [-0.05, 0) is 43.5 Å². The predicted octanol–water partition coefficient (Wildman–Crippen LogP) is 3.57. The van der Waals surface area contributed by atoms with Crippen molar-refractivity contribution in [1.29, 1.82) is 0 Å². The maximum absolute atomic E-state index is 12.2. The molecule has 3 rings (SSSR count). The SMILES string of the molecule is CCOC(=O)C(=Cc1nc(-c2cccs2)n2ccccc12)C(=O)OCC. The van der Waals surface area contributed by atoms with Gasteiger partial charge in [-0.25, -0.2) is 14.6 Å². The lowest BCUT2D eigenvalue weighted by Crippen LogP contribution is -2.18. The van der Waals surface area contributed by atoms with Crippen LogP contribution in [0.5, 0.6) is 0 Å². The van der Waals surface area contributed by atoms with Gasteiger partial charge >= 0.3 is 11.9 Å². The first kappa shape index (κ1) is 17.9. The summed E-state index contributed by atoms with van der Waals surface area (Å²) in [7, 11) is 0. The number of ether oxygens (including phenoxy) is 2. The number of thiophene rings is 1. The Morgan fingerprint density at radius 1 is 1.12 bits per heavy atom. The molecule has 6 nitrogen and oxygen atoms in total. The highest BCUT2D eigenvalue weighted by Gasteiger charge is 2.23. The third kappa shape index (κ3) is 3.52. The fourth-order valence-corrected chi connectivity index (χ4v) is 3.21. The van der Waals surface area contributed by atoms with E-state index >= 15 is 0 Å². The summed E-state index contributed by atoms with van der Waals surface area (Å²) >= 11 is 1.56. The molecule has 7 heteroatoms. The molecule has 0 aliphatic rings. The summed E-state index contributed by atoms with van der Waals surface area (Å²) in [6.45, 7) is 3.70. The van der Waals surface area contributed by atoms with E-state index in [-0.39, 0.29) is 18.8 Å². The number of pyridine rings is 1. The van der Waals surface area contributed by atoms with Gasteiger partial charge in [0.25, 0.3) is 0 Å². The molecule has 0 aromatic carbocycles. The van der Waals surface area contributed by atoms with E-state index < -0.39 is 11.9 Å². The van der Waals surface area contributed by atoms with Gasteiger partial charge in [0.2, 0.25) is 0 Å². The Balaban J connectivity index is 2.14. The Hall–Kier alpha value is -2.93. The highest BCUT2D eigenvalue weighted by atomic mass is 32.1. The molecule has 3 aromatic rings. The zero-order valence-corrected chi connectivity index (χ0v) is 15.3. The third-order valence-electron chi connectivity index (χ3n) is 3.59. The van der Waals surface area contributed by atoms with Gasteiger partial charge in [0.15, 0.2) is 5.82 Å². The first-order chi connectivity index (χ1) is 12.7. The molecule has 0 radical (unpaired) electrons. The molecule has 0 N–H and O–H groups in total. The normalized spacial score (nSPS) is 10.5.